The summed E-state index contributed by atoms with van der Waals surface area (Å²) in [6, 6.07) is 7.66. The number of hydrogen-bond acceptors (Lipinski definition) is 2. The van der Waals surface area contributed by atoms with Crippen LogP contribution in [0.2, 0.25) is 5.02 Å². The molecule has 0 bridgehead atoms. The van der Waals surface area contributed by atoms with Crippen molar-refractivity contribution in [1.29, 1.82) is 0 Å². The van der Waals surface area contributed by atoms with Crippen molar-refractivity contribution in [1.82, 2.24) is 0 Å². The Balaban J connectivity index is 2.46. The van der Waals surface area contributed by atoms with Crippen molar-refractivity contribution in [3.05, 3.63) is 55.6 Å². The fraction of sp³-hybridized carbons (Fsp3) is 0.167. The molecule has 0 saturated carbocycles. The van der Waals surface area contributed by atoms with E-state index < -0.39 is 5.54 Å². The van der Waals surface area contributed by atoms with Crippen molar-refractivity contribution in [2.45, 2.75) is 12.5 Å². The number of benzene rings is 1. The molecule has 0 fully saturated rings. The van der Waals surface area contributed by atoms with Gasteiger partial charge in [-0.3, -0.25) is 0 Å². The molecule has 1 heterocycles. The quantitative estimate of drug-likeness (QED) is 0.874. The number of thiophene rings is 1. The van der Waals surface area contributed by atoms with Gasteiger partial charge in [-0.1, -0.05) is 23.7 Å². The van der Waals surface area contributed by atoms with Gasteiger partial charge in [0.05, 0.1) is 5.54 Å². The molecule has 0 aliphatic carbocycles. The molecule has 0 aliphatic rings. The maximum Gasteiger partial charge on any atom is 0.0656 e. The Kier molecular flexibility index (Phi) is 3.40. The topological polar surface area (TPSA) is 26.0 Å². The maximum absolute atomic E-state index is 6.39. The summed E-state index contributed by atoms with van der Waals surface area (Å²) in [6.07, 6.45) is 0. The van der Waals surface area contributed by atoms with Crippen molar-refractivity contribution in [3.63, 3.8) is 0 Å². The summed E-state index contributed by atoms with van der Waals surface area (Å²) in [6.45, 7) is 2.00. The highest BCUT2D eigenvalue weighted by Crippen LogP contribution is 2.34. The van der Waals surface area contributed by atoms with E-state index in [-0.39, 0.29) is 0 Å². The molecular formula is C12H11BrClNS. The molecule has 0 spiro atoms. The predicted octanol–water partition coefficient (Wildman–Crippen LogP) is 4.39. The third kappa shape index (κ3) is 2.18. The molecule has 0 radical (unpaired) electrons. The minimum absolute atomic E-state index is 0.497. The van der Waals surface area contributed by atoms with Crippen LogP contribution in [0.15, 0.2) is 39.5 Å². The van der Waals surface area contributed by atoms with E-state index in [0.717, 1.165) is 20.6 Å². The zero-order valence-corrected chi connectivity index (χ0v) is 11.9. The first-order valence-corrected chi connectivity index (χ1v) is 6.90. The van der Waals surface area contributed by atoms with Crippen LogP contribution in [0.3, 0.4) is 0 Å². The van der Waals surface area contributed by atoms with E-state index in [0.29, 0.717) is 0 Å². The van der Waals surface area contributed by atoms with Gasteiger partial charge in [0.15, 0.2) is 0 Å². The first-order chi connectivity index (χ1) is 7.51. The van der Waals surface area contributed by atoms with E-state index >= 15 is 0 Å². The highest BCUT2D eigenvalue weighted by Gasteiger charge is 2.26. The Morgan fingerprint density at radius 3 is 2.38 bits per heavy atom. The second-order valence-electron chi connectivity index (χ2n) is 3.84. The second kappa shape index (κ2) is 4.49. The lowest BCUT2D eigenvalue weighted by Gasteiger charge is -2.25. The zero-order chi connectivity index (χ0) is 11.8. The average Bonchev–Trinajstić information content (AvgIpc) is 2.66. The molecule has 2 aromatic rings. The van der Waals surface area contributed by atoms with Gasteiger partial charge in [0.2, 0.25) is 0 Å². The summed E-state index contributed by atoms with van der Waals surface area (Å²) in [4.78, 5) is 0. The van der Waals surface area contributed by atoms with E-state index in [4.69, 9.17) is 17.3 Å². The van der Waals surface area contributed by atoms with Crippen molar-refractivity contribution < 1.29 is 0 Å². The first kappa shape index (κ1) is 12.1. The van der Waals surface area contributed by atoms with Crippen molar-refractivity contribution >= 4 is 38.9 Å². The summed E-state index contributed by atoms with van der Waals surface area (Å²) in [5.74, 6) is 0. The van der Waals surface area contributed by atoms with E-state index in [1.807, 2.05) is 36.6 Å². The van der Waals surface area contributed by atoms with E-state index in [1.165, 1.54) is 0 Å². The molecule has 84 valence electrons. The van der Waals surface area contributed by atoms with Crippen molar-refractivity contribution in [2.75, 3.05) is 0 Å². The van der Waals surface area contributed by atoms with Crippen molar-refractivity contribution in [3.8, 4) is 0 Å². The minimum Gasteiger partial charge on any atom is -0.318 e. The molecule has 2 N–H and O–H groups in total. The van der Waals surface area contributed by atoms with E-state index in [1.54, 1.807) is 11.3 Å². The van der Waals surface area contributed by atoms with Crippen LogP contribution >= 0.6 is 38.9 Å². The molecule has 0 amide bonds. The van der Waals surface area contributed by atoms with Crippen LogP contribution in [-0.2, 0) is 5.54 Å². The van der Waals surface area contributed by atoms with E-state index in [9.17, 15) is 0 Å². The van der Waals surface area contributed by atoms with E-state index in [2.05, 4.69) is 21.3 Å². The van der Waals surface area contributed by atoms with Crippen LogP contribution < -0.4 is 5.73 Å². The van der Waals surface area contributed by atoms with Crippen LogP contribution in [0, 0.1) is 0 Å². The monoisotopic (exact) mass is 315 g/mol. The van der Waals surface area contributed by atoms with Crippen LogP contribution in [0.5, 0.6) is 0 Å². The van der Waals surface area contributed by atoms with Gasteiger partial charge in [-0.15, -0.1) is 0 Å². The lowest BCUT2D eigenvalue weighted by Crippen LogP contribution is -2.34. The second-order valence-corrected chi connectivity index (χ2v) is 5.88. The maximum atomic E-state index is 6.39. The molecule has 4 heteroatoms. The van der Waals surface area contributed by atoms with Crippen molar-refractivity contribution in [2.24, 2.45) is 5.73 Å². The summed E-state index contributed by atoms with van der Waals surface area (Å²) < 4.78 is 1.05. The molecule has 1 aromatic carbocycles. The Bertz CT molecular complexity index is 490. The smallest absolute Gasteiger partial charge is 0.0656 e. The lowest BCUT2D eigenvalue weighted by molar-refractivity contribution is 0.603. The number of halogens is 2. The molecule has 0 saturated heterocycles. The van der Waals surface area contributed by atoms with Gasteiger partial charge in [-0.2, -0.15) is 11.3 Å². The number of nitrogens with two attached hydrogens (primary N) is 1. The highest BCUT2D eigenvalue weighted by atomic mass is 79.9. The molecular weight excluding hydrogens is 306 g/mol. The summed E-state index contributed by atoms with van der Waals surface area (Å²) in [5.41, 5.74) is 8.04. The van der Waals surface area contributed by atoms with Gasteiger partial charge in [-0.25, -0.2) is 0 Å². The summed E-state index contributed by atoms with van der Waals surface area (Å²) in [7, 11) is 0. The van der Waals surface area contributed by atoms with Gasteiger partial charge >= 0.3 is 0 Å². The Hall–Kier alpha value is -0.350. The molecule has 1 nitrogen and oxygen atoms in total. The first-order valence-electron chi connectivity index (χ1n) is 4.79. The zero-order valence-electron chi connectivity index (χ0n) is 8.71. The summed E-state index contributed by atoms with van der Waals surface area (Å²) >= 11 is 11.0. The van der Waals surface area contributed by atoms with Crippen LogP contribution in [0.1, 0.15) is 18.1 Å². The van der Waals surface area contributed by atoms with Gasteiger partial charge < -0.3 is 5.73 Å². The van der Waals surface area contributed by atoms with Crippen LogP contribution in [0.25, 0.3) is 0 Å². The summed E-state index contributed by atoms with van der Waals surface area (Å²) in [5, 5.41) is 4.83. The van der Waals surface area contributed by atoms with Gasteiger partial charge in [0, 0.05) is 20.4 Å². The minimum atomic E-state index is -0.497. The third-order valence-corrected chi connectivity index (χ3v) is 4.57. The number of hydrogen-bond donors (Lipinski definition) is 1. The Labute approximate surface area is 112 Å². The molecule has 1 unspecified atom stereocenters. The molecule has 2 rings (SSSR count). The Morgan fingerprint density at radius 2 is 1.88 bits per heavy atom. The van der Waals surface area contributed by atoms with Gasteiger partial charge in [-0.05, 0) is 45.9 Å². The normalized spacial score (nSPS) is 14.8. The SMILES string of the molecule is CC(N)(c1ccc(Cl)cc1)c1cscc1Br. The molecule has 16 heavy (non-hydrogen) atoms. The molecule has 1 aromatic heterocycles. The third-order valence-electron chi connectivity index (χ3n) is 2.62. The van der Waals surface area contributed by atoms with Crippen LogP contribution in [-0.4, -0.2) is 0 Å². The fourth-order valence-electron chi connectivity index (χ4n) is 1.60. The van der Waals surface area contributed by atoms with Gasteiger partial charge in [0.1, 0.15) is 0 Å². The predicted molar refractivity (Wildman–Crippen MR) is 74.1 cm³/mol. The van der Waals surface area contributed by atoms with Gasteiger partial charge in [0.25, 0.3) is 0 Å². The van der Waals surface area contributed by atoms with Crippen LogP contribution in [0.4, 0.5) is 0 Å². The standard InChI is InChI=1S/C12H11BrClNS/c1-12(15,10-6-16-7-11(10)13)8-2-4-9(14)5-3-8/h2-7H,15H2,1H3. The highest BCUT2D eigenvalue weighted by molar-refractivity contribution is 9.10. The number of rotatable bonds is 2. The largest absolute Gasteiger partial charge is 0.318 e. The Morgan fingerprint density at radius 1 is 1.25 bits per heavy atom. The molecule has 0 aliphatic heterocycles. The molecule has 1 atom stereocenters. The lowest BCUT2D eigenvalue weighted by atomic mass is 9.87. The fourth-order valence-corrected chi connectivity index (χ4v) is 3.55. The average molecular weight is 317 g/mol.